The second kappa shape index (κ2) is 10.4. The van der Waals surface area contributed by atoms with Crippen molar-refractivity contribution in [1.29, 1.82) is 0 Å². The summed E-state index contributed by atoms with van der Waals surface area (Å²) in [6.45, 7) is 10.8. The fourth-order valence-corrected chi connectivity index (χ4v) is 3.45. The summed E-state index contributed by atoms with van der Waals surface area (Å²) in [6, 6.07) is 0.459. The van der Waals surface area contributed by atoms with Crippen LogP contribution in [0.25, 0.3) is 0 Å². The summed E-state index contributed by atoms with van der Waals surface area (Å²) in [5.74, 6) is 1.80. The topological polar surface area (TPSA) is 41.6 Å². The van der Waals surface area contributed by atoms with E-state index in [9.17, 15) is 4.79 Å². The van der Waals surface area contributed by atoms with E-state index in [1.54, 1.807) is 0 Å². The molecule has 1 rings (SSSR count). The van der Waals surface area contributed by atoms with Gasteiger partial charge in [-0.1, -0.05) is 6.42 Å². The Morgan fingerprint density at radius 1 is 1.35 bits per heavy atom. The Morgan fingerprint density at radius 3 is 2.74 bits per heavy atom. The SMILES string of the molecule is CSCCCCCNC(C)C1CCCN(C(=O)OC(C)(C)C)C1. The van der Waals surface area contributed by atoms with Crippen molar-refractivity contribution in [2.24, 2.45) is 5.92 Å². The first kappa shape index (κ1) is 20.6. The number of rotatable bonds is 8. The lowest BCUT2D eigenvalue weighted by Gasteiger charge is -2.36. The maximum Gasteiger partial charge on any atom is 0.410 e. The molecule has 0 saturated carbocycles. The number of ether oxygens (including phenoxy) is 1. The molecular weight excluding hydrogens is 308 g/mol. The van der Waals surface area contributed by atoms with E-state index >= 15 is 0 Å². The summed E-state index contributed by atoms with van der Waals surface area (Å²) in [7, 11) is 0. The summed E-state index contributed by atoms with van der Waals surface area (Å²) in [6.07, 6.45) is 8.13. The van der Waals surface area contributed by atoms with Crippen LogP contribution in [0.1, 0.15) is 59.8 Å². The molecule has 1 amide bonds. The predicted octanol–water partition coefficient (Wildman–Crippen LogP) is 4.14. The van der Waals surface area contributed by atoms with Crippen LogP contribution in [0.3, 0.4) is 0 Å². The Hall–Kier alpha value is -0.420. The Labute approximate surface area is 147 Å². The average molecular weight is 345 g/mol. The Kier molecular flexibility index (Phi) is 9.37. The highest BCUT2D eigenvalue weighted by atomic mass is 32.2. The van der Waals surface area contributed by atoms with Crippen molar-refractivity contribution in [3.05, 3.63) is 0 Å². The van der Waals surface area contributed by atoms with Gasteiger partial charge in [0.05, 0.1) is 0 Å². The minimum atomic E-state index is -0.412. The van der Waals surface area contributed by atoms with Gasteiger partial charge in [-0.3, -0.25) is 0 Å². The predicted molar refractivity (Wildman–Crippen MR) is 100 cm³/mol. The van der Waals surface area contributed by atoms with Crippen molar-refractivity contribution in [2.75, 3.05) is 31.6 Å². The summed E-state index contributed by atoms with van der Waals surface area (Å²) < 4.78 is 5.51. The van der Waals surface area contributed by atoms with E-state index in [4.69, 9.17) is 4.74 Å². The molecule has 0 aromatic carbocycles. The van der Waals surface area contributed by atoms with E-state index in [0.717, 1.165) is 26.1 Å². The highest BCUT2D eigenvalue weighted by Crippen LogP contribution is 2.22. The van der Waals surface area contributed by atoms with Gasteiger partial charge < -0.3 is 15.0 Å². The van der Waals surface area contributed by atoms with E-state index < -0.39 is 5.60 Å². The molecule has 4 nitrogen and oxygen atoms in total. The molecule has 0 radical (unpaired) electrons. The number of nitrogens with zero attached hydrogens (tertiary/aromatic N) is 1. The molecule has 0 aliphatic carbocycles. The van der Waals surface area contributed by atoms with Crippen LogP contribution in [0.2, 0.25) is 0 Å². The van der Waals surface area contributed by atoms with Gasteiger partial charge in [0.25, 0.3) is 0 Å². The first-order valence-corrected chi connectivity index (χ1v) is 10.4. The van der Waals surface area contributed by atoms with Crippen LogP contribution in [-0.4, -0.2) is 54.3 Å². The normalized spacial score (nSPS) is 20.4. The third kappa shape index (κ3) is 8.85. The molecule has 1 saturated heterocycles. The van der Waals surface area contributed by atoms with Crippen LogP contribution < -0.4 is 5.32 Å². The van der Waals surface area contributed by atoms with Gasteiger partial charge in [0.1, 0.15) is 5.60 Å². The zero-order chi connectivity index (χ0) is 17.3. The molecule has 136 valence electrons. The molecule has 23 heavy (non-hydrogen) atoms. The monoisotopic (exact) mass is 344 g/mol. The van der Waals surface area contributed by atoms with E-state index in [-0.39, 0.29) is 6.09 Å². The third-order valence-corrected chi connectivity index (χ3v) is 5.01. The van der Waals surface area contributed by atoms with Crippen molar-refractivity contribution in [3.8, 4) is 0 Å². The smallest absolute Gasteiger partial charge is 0.410 e. The first-order valence-electron chi connectivity index (χ1n) is 9.03. The molecule has 2 unspecified atom stereocenters. The van der Waals surface area contributed by atoms with Crippen molar-refractivity contribution in [2.45, 2.75) is 71.4 Å². The number of hydrogen-bond donors (Lipinski definition) is 1. The molecule has 1 fully saturated rings. The summed E-state index contributed by atoms with van der Waals surface area (Å²) >= 11 is 1.93. The van der Waals surface area contributed by atoms with Crippen LogP contribution in [0.5, 0.6) is 0 Å². The second-order valence-electron chi connectivity index (χ2n) is 7.62. The molecule has 5 heteroatoms. The van der Waals surface area contributed by atoms with Crippen molar-refractivity contribution >= 4 is 17.9 Å². The van der Waals surface area contributed by atoms with E-state index in [2.05, 4.69) is 18.5 Å². The zero-order valence-corrected chi connectivity index (χ0v) is 16.5. The number of hydrogen-bond acceptors (Lipinski definition) is 4. The summed E-state index contributed by atoms with van der Waals surface area (Å²) in [5, 5.41) is 3.65. The standard InChI is InChI=1S/C18H36N2O2S/c1-15(19-11-7-6-8-13-23-5)16-10-9-12-20(14-16)17(21)22-18(2,3)4/h15-16,19H,6-14H2,1-5H3. The number of amides is 1. The van der Waals surface area contributed by atoms with Crippen molar-refractivity contribution < 1.29 is 9.53 Å². The highest BCUT2D eigenvalue weighted by molar-refractivity contribution is 7.98. The van der Waals surface area contributed by atoms with Gasteiger partial charge >= 0.3 is 6.09 Å². The van der Waals surface area contributed by atoms with E-state index in [0.29, 0.717) is 12.0 Å². The molecule has 2 atom stereocenters. The number of unbranched alkanes of at least 4 members (excludes halogenated alkanes) is 2. The minimum absolute atomic E-state index is 0.161. The lowest BCUT2D eigenvalue weighted by atomic mass is 9.91. The fraction of sp³-hybridized carbons (Fsp3) is 0.944. The van der Waals surface area contributed by atoms with Gasteiger partial charge in [0.15, 0.2) is 0 Å². The molecule has 1 aliphatic heterocycles. The van der Waals surface area contributed by atoms with Crippen LogP contribution in [0.15, 0.2) is 0 Å². The van der Waals surface area contributed by atoms with Crippen LogP contribution in [-0.2, 0) is 4.74 Å². The number of nitrogens with one attached hydrogen (secondary N) is 1. The van der Waals surface area contributed by atoms with Gasteiger partial charge in [0, 0.05) is 19.1 Å². The maximum absolute atomic E-state index is 12.2. The summed E-state index contributed by atoms with van der Waals surface area (Å²) in [4.78, 5) is 14.1. The maximum atomic E-state index is 12.2. The number of thioether (sulfide) groups is 1. The van der Waals surface area contributed by atoms with Crippen LogP contribution >= 0.6 is 11.8 Å². The van der Waals surface area contributed by atoms with E-state index in [1.165, 1.54) is 31.4 Å². The molecule has 0 aromatic rings. The number of likely N-dealkylation sites (tertiary alicyclic amines) is 1. The van der Waals surface area contributed by atoms with Gasteiger partial charge in [-0.25, -0.2) is 4.79 Å². The molecule has 1 N–H and O–H groups in total. The van der Waals surface area contributed by atoms with Gasteiger partial charge in [-0.15, -0.1) is 0 Å². The van der Waals surface area contributed by atoms with Crippen LogP contribution in [0, 0.1) is 5.92 Å². The highest BCUT2D eigenvalue weighted by Gasteiger charge is 2.29. The van der Waals surface area contributed by atoms with Gasteiger partial charge in [0.2, 0.25) is 0 Å². The molecule has 1 aliphatic rings. The fourth-order valence-electron chi connectivity index (χ4n) is 2.95. The Bertz CT molecular complexity index is 344. The number of piperidine rings is 1. The van der Waals surface area contributed by atoms with Gasteiger partial charge in [-0.05, 0) is 77.8 Å². The minimum Gasteiger partial charge on any atom is -0.444 e. The van der Waals surface area contributed by atoms with E-state index in [1.807, 2.05) is 37.4 Å². The Balaban J connectivity index is 2.29. The average Bonchev–Trinajstić information content (AvgIpc) is 2.49. The molecule has 0 aromatic heterocycles. The largest absolute Gasteiger partial charge is 0.444 e. The lowest BCUT2D eigenvalue weighted by molar-refractivity contribution is 0.0148. The molecular formula is C18H36N2O2S. The van der Waals surface area contributed by atoms with Gasteiger partial charge in [-0.2, -0.15) is 11.8 Å². The zero-order valence-electron chi connectivity index (χ0n) is 15.7. The molecule has 0 spiro atoms. The quantitative estimate of drug-likeness (QED) is 0.672. The van der Waals surface area contributed by atoms with Crippen LogP contribution in [0.4, 0.5) is 4.79 Å². The first-order chi connectivity index (χ1) is 10.8. The third-order valence-electron chi connectivity index (χ3n) is 4.31. The number of carbonyl (C=O) groups is 1. The van der Waals surface area contributed by atoms with Crippen molar-refractivity contribution in [1.82, 2.24) is 10.2 Å². The Morgan fingerprint density at radius 2 is 2.09 bits per heavy atom. The summed E-state index contributed by atoms with van der Waals surface area (Å²) in [5.41, 5.74) is -0.412. The second-order valence-corrected chi connectivity index (χ2v) is 8.61. The lowest BCUT2D eigenvalue weighted by Crippen LogP contribution is -2.48. The van der Waals surface area contributed by atoms with Crippen molar-refractivity contribution in [3.63, 3.8) is 0 Å². The molecule has 0 bridgehead atoms. The molecule has 1 heterocycles. The number of carbonyl (C=O) groups excluding carboxylic acids is 1.